The number of ketones is 1. The molecule has 0 radical (unpaired) electrons. The monoisotopic (exact) mass is 254 g/mol. The van der Waals surface area contributed by atoms with Crippen molar-refractivity contribution in [2.75, 3.05) is 0 Å². The van der Waals surface area contributed by atoms with Crippen LogP contribution in [0, 0.1) is 0 Å². The summed E-state index contributed by atoms with van der Waals surface area (Å²) in [6.45, 7) is 0. The van der Waals surface area contributed by atoms with E-state index in [4.69, 9.17) is 5.73 Å². The van der Waals surface area contributed by atoms with E-state index < -0.39 is 5.91 Å². The number of nitrogens with one attached hydrogen (secondary N) is 1. The molecule has 0 bridgehead atoms. The number of carbonyl (C=O) groups excluding carboxylic acids is 2. The largest absolute Gasteiger partial charge is 0.366 e. The SMILES string of the molecule is NC(=O)c1cccc(-c2[nH]cc3c2CCCC3=O)c1. The van der Waals surface area contributed by atoms with Crippen molar-refractivity contribution in [3.8, 4) is 11.3 Å². The predicted molar refractivity (Wildman–Crippen MR) is 72.0 cm³/mol. The Balaban J connectivity index is 2.10. The number of benzene rings is 1. The molecule has 1 aromatic carbocycles. The Bertz CT molecular complexity index is 671. The molecule has 0 spiro atoms. The number of hydrogen-bond acceptors (Lipinski definition) is 2. The first-order chi connectivity index (χ1) is 9.16. The molecule has 0 saturated carbocycles. The van der Waals surface area contributed by atoms with Gasteiger partial charge in [-0.3, -0.25) is 9.59 Å². The Morgan fingerprint density at radius 2 is 2.11 bits per heavy atom. The fourth-order valence-corrected chi connectivity index (χ4v) is 2.61. The molecule has 1 aliphatic carbocycles. The maximum absolute atomic E-state index is 11.8. The summed E-state index contributed by atoms with van der Waals surface area (Å²) >= 11 is 0. The lowest BCUT2D eigenvalue weighted by atomic mass is 9.91. The van der Waals surface area contributed by atoms with Gasteiger partial charge in [-0.05, 0) is 36.1 Å². The minimum Gasteiger partial charge on any atom is -0.366 e. The van der Waals surface area contributed by atoms with Crippen molar-refractivity contribution in [1.82, 2.24) is 4.98 Å². The van der Waals surface area contributed by atoms with E-state index in [1.165, 1.54) is 0 Å². The Hall–Kier alpha value is -2.36. The average molecular weight is 254 g/mol. The number of aromatic amines is 1. The first-order valence-electron chi connectivity index (χ1n) is 6.30. The van der Waals surface area contributed by atoms with Crippen LogP contribution in [0.1, 0.15) is 39.1 Å². The molecule has 0 saturated heterocycles. The van der Waals surface area contributed by atoms with Gasteiger partial charge in [-0.25, -0.2) is 0 Å². The zero-order chi connectivity index (χ0) is 13.4. The number of fused-ring (bicyclic) bond motifs is 1. The maximum atomic E-state index is 11.8. The summed E-state index contributed by atoms with van der Waals surface area (Å²) in [6, 6.07) is 7.16. The lowest BCUT2D eigenvalue weighted by Gasteiger charge is -2.12. The van der Waals surface area contributed by atoms with Crippen LogP contribution in [0.3, 0.4) is 0 Å². The Morgan fingerprint density at radius 3 is 2.89 bits per heavy atom. The van der Waals surface area contributed by atoms with Crippen LogP contribution < -0.4 is 5.73 Å². The molecular weight excluding hydrogens is 240 g/mol. The highest BCUT2D eigenvalue weighted by Crippen LogP contribution is 2.31. The molecule has 0 unspecified atom stereocenters. The van der Waals surface area contributed by atoms with Gasteiger partial charge in [0.15, 0.2) is 5.78 Å². The molecule has 0 aliphatic heterocycles. The molecular formula is C15H14N2O2. The lowest BCUT2D eigenvalue weighted by Crippen LogP contribution is -2.11. The van der Waals surface area contributed by atoms with Gasteiger partial charge in [0.2, 0.25) is 5.91 Å². The number of carbonyl (C=O) groups is 2. The van der Waals surface area contributed by atoms with Crippen molar-refractivity contribution in [2.45, 2.75) is 19.3 Å². The zero-order valence-electron chi connectivity index (χ0n) is 10.4. The summed E-state index contributed by atoms with van der Waals surface area (Å²) in [5.74, 6) is -0.256. The third-order valence-corrected chi connectivity index (χ3v) is 3.55. The molecule has 4 heteroatoms. The summed E-state index contributed by atoms with van der Waals surface area (Å²) in [6.07, 6.45) is 4.15. The first kappa shape index (κ1) is 11.7. The Labute approximate surface area is 110 Å². The minimum absolute atomic E-state index is 0.190. The normalized spacial score (nSPS) is 14.2. The fourth-order valence-electron chi connectivity index (χ4n) is 2.61. The van der Waals surface area contributed by atoms with Crippen LogP contribution >= 0.6 is 0 Å². The number of H-pyrrole nitrogens is 1. The number of nitrogens with two attached hydrogens (primary N) is 1. The minimum atomic E-state index is -0.446. The van der Waals surface area contributed by atoms with E-state index >= 15 is 0 Å². The third kappa shape index (κ3) is 1.95. The standard InChI is InChI=1S/C15H14N2O2/c16-15(19)10-4-1-3-9(7-10)14-11-5-2-6-13(18)12(11)8-17-14/h1,3-4,7-8,17H,2,5-6H2,(H2,16,19). The van der Waals surface area contributed by atoms with E-state index in [0.717, 1.165) is 35.2 Å². The van der Waals surface area contributed by atoms with Crippen molar-refractivity contribution in [3.63, 3.8) is 0 Å². The van der Waals surface area contributed by atoms with Crippen molar-refractivity contribution in [1.29, 1.82) is 0 Å². The molecule has 0 fully saturated rings. The predicted octanol–water partition coefficient (Wildman–Crippen LogP) is 2.30. The molecule has 1 amide bonds. The van der Waals surface area contributed by atoms with E-state index in [0.29, 0.717) is 12.0 Å². The second kappa shape index (κ2) is 4.39. The summed E-state index contributed by atoms with van der Waals surface area (Å²) in [4.78, 5) is 26.2. The highest BCUT2D eigenvalue weighted by atomic mass is 16.1. The molecule has 1 aliphatic rings. The van der Waals surface area contributed by atoms with Crippen LogP contribution in [0.4, 0.5) is 0 Å². The average Bonchev–Trinajstić information content (AvgIpc) is 2.84. The van der Waals surface area contributed by atoms with Crippen LogP contribution in [0.25, 0.3) is 11.3 Å². The number of amides is 1. The molecule has 96 valence electrons. The van der Waals surface area contributed by atoms with Gasteiger partial charge in [0, 0.05) is 29.4 Å². The van der Waals surface area contributed by atoms with E-state index in [1.54, 1.807) is 24.4 Å². The lowest BCUT2D eigenvalue weighted by molar-refractivity contribution is 0.0970. The molecule has 1 aromatic heterocycles. The number of aromatic nitrogens is 1. The maximum Gasteiger partial charge on any atom is 0.248 e. The Morgan fingerprint density at radius 1 is 1.26 bits per heavy atom. The number of hydrogen-bond donors (Lipinski definition) is 2. The van der Waals surface area contributed by atoms with Gasteiger partial charge in [-0.1, -0.05) is 12.1 Å². The summed E-state index contributed by atoms with van der Waals surface area (Å²) in [5.41, 5.74) is 9.42. The summed E-state index contributed by atoms with van der Waals surface area (Å²) in [5, 5.41) is 0. The van der Waals surface area contributed by atoms with Gasteiger partial charge in [0.25, 0.3) is 0 Å². The first-order valence-corrected chi connectivity index (χ1v) is 6.30. The van der Waals surface area contributed by atoms with Gasteiger partial charge in [0.05, 0.1) is 0 Å². The molecule has 2 aromatic rings. The summed E-state index contributed by atoms with van der Waals surface area (Å²) in [7, 11) is 0. The highest BCUT2D eigenvalue weighted by Gasteiger charge is 2.22. The second-order valence-electron chi connectivity index (χ2n) is 4.78. The van der Waals surface area contributed by atoms with Crippen LogP contribution in [0.15, 0.2) is 30.5 Å². The molecule has 3 rings (SSSR count). The van der Waals surface area contributed by atoms with Crippen LogP contribution in [-0.4, -0.2) is 16.7 Å². The number of rotatable bonds is 2. The topological polar surface area (TPSA) is 76.0 Å². The number of primary amides is 1. The van der Waals surface area contributed by atoms with Gasteiger partial charge < -0.3 is 10.7 Å². The highest BCUT2D eigenvalue weighted by molar-refractivity contribution is 6.00. The molecule has 1 heterocycles. The van der Waals surface area contributed by atoms with Crippen LogP contribution in [0.2, 0.25) is 0 Å². The van der Waals surface area contributed by atoms with E-state index in [-0.39, 0.29) is 5.78 Å². The zero-order valence-corrected chi connectivity index (χ0v) is 10.4. The van der Waals surface area contributed by atoms with Crippen LogP contribution in [0.5, 0.6) is 0 Å². The smallest absolute Gasteiger partial charge is 0.248 e. The quantitative estimate of drug-likeness (QED) is 0.862. The second-order valence-corrected chi connectivity index (χ2v) is 4.78. The summed E-state index contributed by atoms with van der Waals surface area (Å²) < 4.78 is 0. The van der Waals surface area contributed by atoms with Crippen molar-refractivity contribution >= 4 is 11.7 Å². The van der Waals surface area contributed by atoms with Gasteiger partial charge >= 0.3 is 0 Å². The van der Waals surface area contributed by atoms with Gasteiger partial charge in [0.1, 0.15) is 0 Å². The molecule has 0 atom stereocenters. The fraction of sp³-hybridized carbons (Fsp3) is 0.200. The van der Waals surface area contributed by atoms with Crippen molar-refractivity contribution in [2.24, 2.45) is 5.73 Å². The van der Waals surface area contributed by atoms with Gasteiger partial charge in [-0.15, -0.1) is 0 Å². The third-order valence-electron chi connectivity index (χ3n) is 3.55. The van der Waals surface area contributed by atoms with E-state index in [9.17, 15) is 9.59 Å². The molecule has 19 heavy (non-hydrogen) atoms. The number of Topliss-reactive ketones (excluding diaryl/α,β-unsaturated/α-hetero) is 1. The van der Waals surface area contributed by atoms with Crippen LogP contribution in [-0.2, 0) is 6.42 Å². The van der Waals surface area contributed by atoms with Crippen molar-refractivity contribution < 1.29 is 9.59 Å². The van der Waals surface area contributed by atoms with E-state index in [2.05, 4.69) is 4.98 Å². The molecule has 4 nitrogen and oxygen atoms in total. The Kier molecular flexibility index (Phi) is 2.71. The molecule has 3 N–H and O–H groups in total. The van der Waals surface area contributed by atoms with E-state index in [1.807, 2.05) is 6.07 Å². The van der Waals surface area contributed by atoms with Gasteiger partial charge in [-0.2, -0.15) is 0 Å². The van der Waals surface area contributed by atoms with Crippen molar-refractivity contribution in [3.05, 3.63) is 47.2 Å².